The number of carbonyl (C=O) groups excluding carboxylic acids is 2. The Morgan fingerprint density at radius 3 is 2.17 bits per heavy atom. The number of pyridine rings is 1. The minimum absolute atomic E-state index is 0.0415. The molecule has 1 aromatic heterocycles. The van der Waals surface area contributed by atoms with Crippen molar-refractivity contribution in [3.8, 4) is 5.75 Å². The highest BCUT2D eigenvalue weighted by molar-refractivity contribution is 6.74. The van der Waals surface area contributed by atoms with Gasteiger partial charge in [0.1, 0.15) is 18.0 Å². The Balaban J connectivity index is 1.34. The molecule has 3 N–H and O–H groups in total. The first kappa shape index (κ1) is 45.8. The Morgan fingerprint density at radius 1 is 0.800 bits per heavy atom. The fourth-order valence-corrected chi connectivity index (χ4v) is 7.92. The molecule has 0 fully saturated rings. The van der Waals surface area contributed by atoms with Crippen molar-refractivity contribution >= 4 is 36.9 Å². The zero-order valence-electron chi connectivity index (χ0n) is 36.7. The SMILES string of the molecule is CC(C)(C)OC(=O)NCCCCC(=O)Nc1cccc(CCN(Cc2ccccc2)CC(O[Si](C)(C)C(C)(C)C)c2ccc(OCc3ccccc3)c3[nH]c(=O)ccc23)c1. The fraction of sp³-hybridized carbons (Fsp3) is 0.408. The number of hydrogen-bond acceptors (Lipinski definition) is 7. The van der Waals surface area contributed by atoms with Crippen LogP contribution < -0.4 is 20.9 Å². The van der Waals surface area contributed by atoms with Crippen LogP contribution in [0.1, 0.15) is 89.2 Å². The van der Waals surface area contributed by atoms with E-state index in [1.165, 1.54) is 5.56 Å². The van der Waals surface area contributed by atoms with E-state index in [-0.39, 0.29) is 22.6 Å². The van der Waals surface area contributed by atoms with Crippen LogP contribution in [-0.4, -0.2) is 55.4 Å². The second kappa shape index (κ2) is 20.8. The van der Waals surface area contributed by atoms with Gasteiger partial charge in [-0.1, -0.05) is 99.6 Å². The van der Waals surface area contributed by atoms with Crippen molar-refractivity contribution in [1.29, 1.82) is 0 Å². The average molecular weight is 833 g/mol. The molecule has 60 heavy (non-hydrogen) atoms. The van der Waals surface area contributed by atoms with E-state index < -0.39 is 20.0 Å². The fourth-order valence-electron chi connectivity index (χ4n) is 6.66. The van der Waals surface area contributed by atoms with Crippen molar-refractivity contribution in [3.63, 3.8) is 0 Å². The maximum atomic E-state index is 12.9. The molecule has 10 nitrogen and oxygen atoms in total. The molecule has 4 aromatic carbocycles. The summed E-state index contributed by atoms with van der Waals surface area (Å²) in [5.41, 5.74) is 5.02. The summed E-state index contributed by atoms with van der Waals surface area (Å²) < 4.78 is 19.0. The average Bonchev–Trinajstić information content (AvgIpc) is 3.18. The predicted octanol–water partition coefficient (Wildman–Crippen LogP) is 10.5. The maximum absolute atomic E-state index is 12.9. The molecule has 0 bridgehead atoms. The molecular formula is C49H64N4O6Si. The monoisotopic (exact) mass is 832 g/mol. The number of hydrogen-bond donors (Lipinski definition) is 3. The van der Waals surface area contributed by atoms with Gasteiger partial charge >= 0.3 is 6.09 Å². The van der Waals surface area contributed by atoms with Crippen LogP contribution in [0.4, 0.5) is 10.5 Å². The lowest BCUT2D eigenvalue weighted by Crippen LogP contribution is -2.44. The van der Waals surface area contributed by atoms with E-state index in [0.717, 1.165) is 40.7 Å². The number of ether oxygens (including phenoxy) is 2. The molecule has 1 atom stereocenters. The van der Waals surface area contributed by atoms with E-state index in [0.29, 0.717) is 56.8 Å². The van der Waals surface area contributed by atoms with Gasteiger partial charge in [-0.05, 0) is 105 Å². The number of carbonyl (C=O) groups is 2. The molecule has 1 heterocycles. The Kier molecular flexibility index (Phi) is 15.9. The third-order valence-electron chi connectivity index (χ3n) is 10.8. The van der Waals surface area contributed by atoms with Gasteiger partial charge in [0.15, 0.2) is 8.32 Å². The van der Waals surface area contributed by atoms with Crippen LogP contribution in [0.15, 0.2) is 114 Å². The summed E-state index contributed by atoms with van der Waals surface area (Å²) >= 11 is 0. The van der Waals surface area contributed by atoms with Crippen LogP contribution in [0.2, 0.25) is 18.1 Å². The van der Waals surface area contributed by atoms with Crippen molar-refractivity contribution < 1.29 is 23.5 Å². The highest BCUT2D eigenvalue weighted by Gasteiger charge is 2.40. The minimum Gasteiger partial charge on any atom is -0.487 e. The number of amides is 2. The smallest absolute Gasteiger partial charge is 0.407 e. The number of rotatable bonds is 19. The second-order valence-electron chi connectivity index (χ2n) is 18.0. The number of H-pyrrole nitrogens is 1. The van der Waals surface area contributed by atoms with Crippen molar-refractivity contribution in [3.05, 3.63) is 142 Å². The van der Waals surface area contributed by atoms with Crippen LogP contribution in [-0.2, 0) is 33.5 Å². The zero-order chi connectivity index (χ0) is 43.3. The van der Waals surface area contributed by atoms with Crippen molar-refractivity contribution in [2.75, 3.05) is 25.0 Å². The van der Waals surface area contributed by atoms with Gasteiger partial charge in [0.25, 0.3) is 0 Å². The van der Waals surface area contributed by atoms with E-state index in [9.17, 15) is 14.4 Å². The summed E-state index contributed by atoms with van der Waals surface area (Å²) in [4.78, 5) is 43.1. The summed E-state index contributed by atoms with van der Waals surface area (Å²) in [6.45, 7) is 19.7. The van der Waals surface area contributed by atoms with Crippen molar-refractivity contribution in [1.82, 2.24) is 15.2 Å². The molecule has 320 valence electrons. The Morgan fingerprint density at radius 2 is 1.48 bits per heavy atom. The largest absolute Gasteiger partial charge is 0.487 e. The molecule has 11 heteroatoms. The summed E-state index contributed by atoms with van der Waals surface area (Å²) in [5, 5.41) is 6.66. The molecule has 0 aliphatic carbocycles. The number of alkyl carbamates (subject to hydrolysis) is 1. The van der Waals surface area contributed by atoms with E-state index in [4.69, 9.17) is 13.9 Å². The highest BCUT2D eigenvalue weighted by Crippen LogP contribution is 2.42. The van der Waals surface area contributed by atoms with Crippen LogP contribution in [0.3, 0.4) is 0 Å². The number of benzene rings is 4. The third kappa shape index (κ3) is 14.2. The summed E-state index contributed by atoms with van der Waals surface area (Å²) in [6.07, 6.45) is 1.65. The number of aromatic nitrogens is 1. The molecule has 1 unspecified atom stereocenters. The van der Waals surface area contributed by atoms with Crippen molar-refractivity contribution in [2.24, 2.45) is 0 Å². The lowest BCUT2D eigenvalue weighted by Gasteiger charge is -2.41. The minimum atomic E-state index is -2.31. The maximum Gasteiger partial charge on any atom is 0.407 e. The molecule has 0 aliphatic heterocycles. The van der Waals surface area contributed by atoms with Gasteiger partial charge in [-0.2, -0.15) is 0 Å². The molecule has 0 saturated heterocycles. The van der Waals surface area contributed by atoms with Gasteiger partial charge in [0.05, 0.1) is 11.6 Å². The number of unbranched alkanes of at least 4 members (excludes halogenated alkanes) is 1. The molecule has 0 spiro atoms. The number of nitrogens with zero attached hydrogens (tertiary/aromatic N) is 1. The number of nitrogens with one attached hydrogen (secondary N) is 3. The van der Waals surface area contributed by atoms with Gasteiger partial charge < -0.3 is 29.5 Å². The molecular weight excluding hydrogens is 769 g/mol. The van der Waals surface area contributed by atoms with Crippen LogP contribution in [0.5, 0.6) is 5.75 Å². The summed E-state index contributed by atoms with van der Waals surface area (Å²) in [5.74, 6) is 0.551. The first-order chi connectivity index (χ1) is 28.5. The predicted molar refractivity (Wildman–Crippen MR) is 245 cm³/mol. The van der Waals surface area contributed by atoms with Gasteiger partial charge in [-0.25, -0.2) is 4.79 Å². The van der Waals surface area contributed by atoms with Crippen LogP contribution >= 0.6 is 0 Å². The Bertz CT molecular complexity index is 2210. The standard InChI is InChI=1S/C49H64N4O6Si/c1-48(2,3)58-47(56)50-30-16-15-24-44(54)51-39-23-17-22-36(32-39)29-31-53(33-37-18-11-9-12-19-37)34-43(59-60(7,8)49(4,5)6)40-25-27-42(46-41(40)26-28-45(55)52-46)57-35-38-20-13-10-14-21-38/h9-14,17-23,25-28,32,43H,15-16,24,29-31,33-35H2,1-8H3,(H,50,56)(H,51,54)(H,52,55). The van der Waals surface area contributed by atoms with Gasteiger partial charge in [-0.3, -0.25) is 14.5 Å². The first-order valence-corrected chi connectivity index (χ1v) is 24.0. The van der Waals surface area contributed by atoms with Gasteiger partial charge in [0, 0.05) is 49.7 Å². The molecule has 2 amide bonds. The van der Waals surface area contributed by atoms with Crippen molar-refractivity contribution in [2.45, 2.75) is 110 Å². The van der Waals surface area contributed by atoms with Crippen LogP contribution in [0, 0.1) is 0 Å². The molecule has 0 radical (unpaired) electrons. The van der Waals surface area contributed by atoms with Crippen LogP contribution in [0.25, 0.3) is 10.9 Å². The Labute approximate surface area is 357 Å². The number of aromatic amines is 1. The topological polar surface area (TPSA) is 122 Å². The highest BCUT2D eigenvalue weighted by atomic mass is 28.4. The molecule has 5 aromatic rings. The van der Waals surface area contributed by atoms with Gasteiger partial charge in [-0.15, -0.1) is 0 Å². The van der Waals surface area contributed by atoms with E-state index in [1.54, 1.807) is 6.07 Å². The Hall–Kier alpha value is -5.23. The quantitative estimate of drug-likeness (QED) is 0.0559. The lowest BCUT2D eigenvalue weighted by atomic mass is 10.0. The summed E-state index contributed by atoms with van der Waals surface area (Å²) in [6, 6.07) is 36.0. The van der Waals surface area contributed by atoms with Gasteiger partial charge in [0.2, 0.25) is 11.5 Å². The van der Waals surface area contributed by atoms with E-state index >= 15 is 0 Å². The summed E-state index contributed by atoms with van der Waals surface area (Å²) in [7, 11) is -2.31. The normalized spacial score (nSPS) is 12.6. The second-order valence-corrected chi connectivity index (χ2v) is 22.8. The third-order valence-corrected chi connectivity index (χ3v) is 15.3. The zero-order valence-corrected chi connectivity index (χ0v) is 37.7. The number of fused-ring (bicyclic) bond motifs is 1. The molecule has 5 rings (SSSR count). The molecule has 0 aliphatic rings. The van der Waals surface area contributed by atoms with E-state index in [2.05, 4.69) is 90.8 Å². The number of anilines is 1. The first-order valence-electron chi connectivity index (χ1n) is 21.1. The lowest BCUT2D eigenvalue weighted by molar-refractivity contribution is -0.116. The molecule has 0 saturated carbocycles. The van der Waals surface area contributed by atoms with E-state index in [1.807, 2.05) is 87.5 Å².